The van der Waals surface area contributed by atoms with Gasteiger partial charge in [-0.1, -0.05) is 99.0 Å². The topological polar surface area (TPSA) is 414 Å². The zero-order chi connectivity index (χ0) is 56.9. The Morgan fingerprint density at radius 2 is 0.753 bits per heavy atom. The van der Waals surface area contributed by atoms with Crippen LogP contribution in [-0.2, 0) is 67.2 Å². The highest BCUT2D eigenvalue weighted by Crippen LogP contribution is 2.14. The molecule has 0 aliphatic rings. The molecule has 0 aliphatic carbocycles. The molecule has 0 radical (unpaired) electrons. The summed E-state index contributed by atoms with van der Waals surface area (Å²) in [6.45, 7) is 2.51. The highest BCUT2D eigenvalue weighted by Gasteiger charge is 2.36. The molecular formula is C53H74N10O14. The number of carbonyl (C=O) groups excluding carboxylic acids is 7. The van der Waals surface area contributed by atoms with Crippen molar-refractivity contribution in [2.45, 2.75) is 145 Å². The number of hydrogen-bond acceptors (Lipinski definition) is 14. The quantitative estimate of drug-likeness (QED) is 0.0330. The van der Waals surface area contributed by atoms with Gasteiger partial charge in [-0.2, -0.15) is 0 Å². The Kier molecular flexibility index (Phi) is 27.8. The third kappa shape index (κ3) is 23.6. The van der Waals surface area contributed by atoms with Crippen LogP contribution < -0.4 is 54.4 Å². The second-order valence-corrected chi connectivity index (χ2v) is 18.5. The van der Waals surface area contributed by atoms with E-state index in [0.717, 1.165) is 0 Å². The van der Waals surface area contributed by atoms with Crippen molar-refractivity contribution in [2.75, 3.05) is 13.1 Å². The Morgan fingerprint density at radius 1 is 0.416 bits per heavy atom. The van der Waals surface area contributed by atoms with Gasteiger partial charge in [0.2, 0.25) is 41.4 Å². The van der Waals surface area contributed by atoms with Gasteiger partial charge in [0.05, 0.1) is 18.9 Å². The van der Waals surface area contributed by atoms with Crippen molar-refractivity contribution in [1.29, 1.82) is 0 Å². The third-order valence-electron chi connectivity index (χ3n) is 12.2. The third-order valence-corrected chi connectivity index (χ3v) is 12.2. The van der Waals surface area contributed by atoms with E-state index in [1.165, 1.54) is 24.3 Å². The lowest BCUT2D eigenvalue weighted by molar-refractivity contribution is -0.143. The van der Waals surface area contributed by atoms with Crippen molar-refractivity contribution in [3.8, 4) is 5.75 Å². The minimum absolute atomic E-state index is 0.0928. The molecule has 7 amide bonds. The SMILES string of the molecule is CCCC[C@H](NC(=O)[C@@H](Cc1ccccc1)NC(=O)[C@@H](Cc1ccccc1)NC(=O)[C@@H](Cc1ccc(O)cc1)NC(=O)[C@@H](CC(=O)O)NC(=O)[C@@H](CC(=O)O)NC(=O)[C@H](N)CCCCN)C(=O)N[C@H](CCCCN)C(=O)O. The largest absolute Gasteiger partial charge is 0.508 e. The van der Waals surface area contributed by atoms with Crippen molar-refractivity contribution in [1.82, 2.24) is 37.2 Å². The maximum atomic E-state index is 14.7. The second kappa shape index (κ2) is 33.9. The number of phenolic OH excluding ortho intramolecular Hbond substituents is 1. The minimum Gasteiger partial charge on any atom is -0.508 e. The summed E-state index contributed by atoms with van der Waals surface area (Å²) < 4.78 is 0. The van der Waals surface area contributed by atoms with Gasteiger partial charge in [-0.15, -0.1) is 0 Å². The van der Waals surface area contributed by atoms with E-state index >= 15 is 0 Å². The molecule has 420 valence electrons. The molecule has 0 saturated heterocycles. The van der Waals surface area contributed by atoms with E-state index in [2.05, 4.69) is 37.2 Å². The second-order valence-electron chi connectivity index (χ2n) is 18.5. The van der Waals surface area contributed by atoms with Crippen LogP contribution in [0.25, 0.3) is 0 Å². The zero-order valence-electron chi connectivity index (χ0n) is 43.1. The molecule has 0 heterocycles. The molecule has 77 heavy (non-hydrogen) atoms. The maximum Gasteiger partial charge on any atom is 0.326 e. The average molecular weight is 1080 g/mol. The summed E-state index contributed by atoms with van der Waals surface area (Å²) in [5.41, 5.74) is 18.5. The first-order valence-corrected chi connectivity index (χ1v) is 25.5. The smallest absolute Gasteiger partial charge is 0.326 e. The summed E-state index contributed by atoms with van der Waals surface area (Å²) in [5, 5.41) is 56.8. The Hall–Kier alpha value is -7.96. The Morgan fingerprint density at radius 3 is 1.16 bits per heavy atom. The minimum atomic E-state index is -1.98. The number of rotatable bonds is 36. The van der Waals surface area contributed by atoms with E-state index in [9.17, 15) is 68.4 Å². The van der Waals surface area contributed by atoms with E-state index < -0.39 is 120 Å². The summed E-state index contributed by atoms with van der Waals surface area (Å²) in [7, 11) is 0. The van der Waals surface area contributed by atoms with Gasteiger partial charge < -0.3 is 74.8 Å². The van der Waals surface area contributed by atoms with E-state index in [4.69, 9.17) is 17.2 Å². The van der Waals surface area contributed by atoms with Gasteiger partial charge in [0.1, 0.15) is 48.0 Å². The first-order valence-electron chi connectivity index (χ1n) is 25.5. The number of carboxylic acids is 3. The maximum absolute atomic E-state index is 14.7. The van der Waals surface area contributed by atoms with Crippen molar-refractivity contribution in [2.24, 2.45) is 17.2 Å². The standard InChI is InChI=1S/C53H74N10O14/c1-2-3-19-37(47(70)58-38(53(76)77)20-11-13-26-55)57-48(71)39(27-32-14-6-4-7-15-32)60-49(72)40(28-33-16-8-5-9-17-33)61-50(73)41(29-34-21-23-35(64)24-22-34)62-52(75)43(31-45(67)68)63-51(74)42(30-44(65)66)59-46(69)36(56)18-10-12-25-54/h4-9,14-17,21-24,36-43,64H,2-3,10-13,18-20,25-31,54-56H2,1H3,(H,57,71)(H,58,70)(H,59,69)(H,60,72)(H,61,73)(H,62,75)(H,63,74)(H,65,66)(H,67,68)(H,76,77)/t36-,37+,38-,39-,40-,41-,42-,43-/m1/s1. The van der Waals surface area contributed by atoms with Gasteiger partial charge in [0, 0.05) is 19.3 Å². The summed E-state index contributed by atoms with van der Waals surface area (Å²) in [4.78, 5) is 134. The van der Waals surface area contributed by atoms with Gasteiger partial charge in [0.15, 0.2) is 0 Å². The van der Waals surface area contributed by atoms with Crippen LogP contribution in [0.1, 0.15) is 94.2 Å². The lowest BCUT2D eigenvalue weighted by Gasteiger charge is -2.28. The van der Waals surface area contributed by atoms with Crippen LogP contribution in [0, 0.1) is 0 Å². The van der Waals surface area contributed by atoms with E-state index in [1.807, 2.05) is 6.92 Å². The van der Waals surface area contributed by atoms with E-state index in [-0.39, 0.29) is 44.3 Å². The number of carboxylic acid groups (broad SMARTS) is 3. The summed E-state index contributed by atoms with van der Waals surface area (Å²) in [5.74, 6) is -11.4. The van der Waals surface area contributed by atoms with Crippen molar-refractivity contribution in [3.05, 3.63) is 102 Å². The fourth-order valence-electron chi connectivity index (χ4n) is 7.94. The molecule has 3 aromatic carbocycles. The number of phenols is 1. The lowest BCUT2D eigenvalue weighted by atomic mass is 10.00. The summed E-state index contributed by atoms with van der Waals surface area (Å²) in [6.07, 6.45) is 0.640. The molecule has 24 nitrogen and oxygen atoms in total. The number of unbranched alkanes of at least 4 members (excludes halogenated alkanes) is 3. The van der Waals surface area contributed by atoms with Gasteiger partial charge in [-0.05, 0) is 80.4 Å². The lowest BCUT2D eigenvalue weighted by Crippen LogP contribution is -2.61. The van der Waals surface area contributed by atoms with Gasteiger partial charge >= 0.3 is 17.9 Å². The highest BCUT2D eigenvalue weighted by molar-refractivity contribution is 5.99. The summed E-state index contributed by atoms with van der Waals surface area (Å²) >= 11 is 0. The fraction of sp³-hybridized carbons (Fsp3) is 0.472. The molecular weight excluding hydrogens is 1000 g/mol. The van der Waals surface area contributed by atoms with Crippen LogP contribution in [0.2, 0.25) is 0 Å². The van der Waals surface area contributed by atoms with Crippen molar-refractivity contribution >= 4 is 59.3 Å². The van der Waals surface area contributed by atoms with Crippen LogP contribution >= 0.6 is 0 Å². The van der Waals surface area contributed by atoms with E-state index in [1.54, 1.807) is 60.7 Å². The van der Waals surface area contributed by atoms with Crippen LogP contribution in [0.15, 0.2) is 84.9 Å². The monoisotopic (exact) mass is 1070 g/mol. The first kappa shape index (κ1) is 63.3. The number of amides is 7. The molecule has 0 saturated carbocycles. The number of carbonyl (C=O) groups is 10. The molecule has 0 bridgehead atoms. The number of aliphatic carboxylic acids is 3. The van der Waals surface area contributed by atoms with Crippen molar-refractivity contribution in [3.63, 3.8) is 0 Å². The predicted molar refractivity (Wildman–Crippen MR) is 281 cm³/mol. The average Bonchev–Trinajstić information content (AvgIpc) is 3.39. The van der Waals surface area contributed by atoms with Gasteiger partial charge in [0.25, 0.3) is 0 Å². The van der Waals surface area contributed by atoms with Gasteiger partial charge in [-0.3, -0.25) is 43.2 Å². The Bertz CT molecular complexity index is 2410. The number of nitrogens with two attached hydrogens (primary N) is 3. The van der Waals surface area contributed by atoms with Crippen molar-refractivity contribution < 1.29 is 68.4 Å². The Labute approximate surface area is 446 Å². The molecule has 0 spiro atoms. The van der Waals surface area contributed by atoms with E-state index in [0.29, 0.717) is 68.3 Å². The van der Waals surface area contributed by atoms with Crippen LogP contribution in [0.5, 0.6) is 5.75 Å². The van der Waals surface area contributed by atoms with Gasteiger partial charge in [-0.25, -0.2) is 4.79 Å². The summed E-state index contributed by atoms with van der Waals surface area (Å²) in [6, 6.07) is 10.4. The van der Waals surface area contributed by atoms with Crippen LogP contribution in [0.4, 0.5) is 0 Å². The highest BCUT2D eigenvalue weighted by atomic mass is 16.4. The first-order chi connectivity index (χ1) is 36.7. The molecule has 8 atom stereocenters. The molecule has 0 aliphatic heterocycles. The zero-order valence-corrected chi connectivity index (χ0v) is 43.1. The molecule has 0 unspecified atom stereocenters. The number of benzene rings is 3. The van der Waals surface area contributed by atoms with Crippen LogP contribution in [-0.4, -0.2) is 141 Å². The molecule has 24 heteroatoms. The molecule has 0 aromatic heterocycles. The number of nitrogens with one attached hydrogen (secondary N) is 7. The van der Waals surface area contributed by atoms with Crippen LogP contribution in [0.3, 0.4) is 0 Å². The molecule has 0 fully saturated rings. The molecule has 3 rings (SSSR count). The molecule has 3 aromatic rings. The number of hydrogen-bond donors (Lipinski definition) is 14. The Balaban J connectivity index is 2.02. The predicted octanol–water partition coefficient (Wildman–Crippen LogP) is -0.377. The number of aromatic hydroxyl groups is 1. The fourth-order valence-corrected chi connectivity index (χ4v) is 7.94. The molecule has 17 N–H and O–H groups in total. The normalized spacial score (nSPS) is 14.1.